The van der Waals surface area contributed by atoms with Crippen molar-refractivity contribution in [2.45, 2.75) is 44.0 Å². The van der Waals surface area contributed by atoms with E-state index in [2.05, 4.69) is 22.0 Å². The van der Waals surface area contributed by atoms with Gasteiger partial charge in [-0.25, -0.2) is 8.42 Å². The van der Waals surface area contributed by atoms with Gasteiger partial charge in [0.1, 0.15) is 5.84 Å². The molecule has 2 rings (SSSR count). The Morgan fingerprint density at radius 2 is 2.09 bits per heavy atom. The van der Waals surface area contributed by atoms with Crippen molar-refractivity contribution in [3.63, 3.8) is 0 Å². The minimum atomic E-state index is -3.51. The normalized spacial score (nSPS) is 18.5. The second-order valence-corrected chi connectivity index (χ2v) is 6.99. The first kappa shape index (κ1) is 16.5. The zero-order valence-corrected chi connectivity index (χ0v) is 13.6. The fourth-order valence-corrected chi connectivity index (χ4v) is 3.62. The number of carbonyl (C=O) groups excluding carboxylic acids is 1. The second-order valence-electron chi connectivity index (χ2n) is 5.34. The maximum absolute atomic E-state index is 11.9. The Labute approximate surface area is 131 Å². The molecule has 0 spiro atoms. The van der Waals surface area contributed by atoms with E-state index >= 15 is 0 Å². The summed E-state index contributed by atoms with van der Waals surface area (Å²) in [7, 11) is -3.51. The number of hydrogen-bond acceptors (Lipinski definition) is 4. The Morgan fingerprint density at radius 3 is 2.82 bits per heavy atom. The third kappa shape index (κ3) is 3.85. The SMILES string of the molecule is CCC[C@H](C)NC(=O)CCN=C1NS(=O)(=O)c2ccccc21. The van der Waals surface area contributed by atoms with Gasteiger partial charge >= 0.3 is 0 Å². The molecule has 7 heteroatoms. The summed E-state index contributed by atoms with van der Waals surface area (Å²) in [5, 5.41) is 2.89. The molecule has 0 saturated heterocycles. The van der Waals surface area contributed by atoms with E-state index in [9.17, 15) is 13.2 Å². The lowest BCUT2D eigenvalue weighted by molar-refractivity contribution is -0.121. The fourth-order valence-electron chi connectivity index (χ4n) is 2.37. The number of benzene rings is 1. The zero-order valence-electron chi connectivity index (χ0n) is 12.8. The molecule has 1 aliphatic heterocycles. The smallest absolute Gasteiger partial charge is 0.263 e. The third-order valence-electron chi connectivity index (χ3n) is 3.40. The topological polar surface area (TPSA) is 87.6 Å². The van der Waals surface area contributed by atoms with E-state index in [0.717, 1.165) is 12.8 Å². The second kappa shape index (κ2) is 6.91. The van der Waals surface area contributed by atoms with Crippen LogP contribution in [0, 0.1) is 0 Å². The largest absolute Gasteiger partial charge is 0.354 e. The van der Waals surface area contributed by atoms with Gasteiger partial charge in [0.05, 0.1) is 11.4 Å². The van der Waals surface area contributed by atoms with Gasteiger partial charge in [0, 0.05) is 18.0 Å². The molecule has 0 aliphatic carbocycles. The lowest BCUT2D eigenvalue weighted by atomic mass is 10.2. The summed E-state index contributed by atoms with van der Waals surface area (Å²) >= 11 is 0. The molecule has 0 radical (unpaired) electrons. The summed E-state index contributed by atoms with van der Waals surface area (Å²) in [6.07, 6.45) is 2.19. The summed E-state index contributed by atoms with van der Waals surface area (Å²) < 4.78 is 26.2. The zero-order chi connectivity index (χ0) is 16.2. The van der Waals surface area contributed by atoms with Crippen molar-refractivity contribution in [1.29, 1.82) is 0 Å². The quantitative estimate of drug-likeness (QED) is 0.830. The maximum atomic E-state index is 11.9. The molecule has 1 heterocycles. The van der Waals surface area contributed by atoms with Gasteiger partial charge < -0.3 is 5.32 Å². The van der Waals surface area contributed by atoms with Crippen molar-refractivity contribution in [3.05, 3.63) is 29.8 Å². The monoisotopic (exact) mass is 323 g/mol. The van der Waals surface area contributed by atoms with Gasteiger partial charge in [0.15, 0.2) is 0 Å². The van der Waals surface area contributed by atoms with E-state index in [1.807, 2.05) is 6.92 Å². The number of fused-ring (bicyclic) bond motifs is 1. The highest BCUT2D eigenvalue weighted by atomic mass is 32.2. The van der Waals surface area contributed by atoms with Gasteiger partial charge in [-0.2, -0.15) is 0 Å². The lowest BCUT2D eigenvalue weighted by Gasteiger charge is -2.11. The predicted octanol–water partition coefficient (Wildman–Crippen LogP) is 1.42. The first-order chi connectivity index (χ1) is 10.4. The average Bonchev–Trinajstić information content (AvgIpc) is 2.71. The molecule has 0 aromatic heterocycles. The molecule has 0 fully saturated rings. The van der Waals surface area contributed by atoms with Gasteiger partial charge in [0.25, 0.3) is 10.0 Å². The van der Waals surface area contributed by atoms with Crippen molar-refractivity contribution >= 4 is 21.8 Å². The third-order valence-corrected chi connectivity index (χ3v) is 4.80. The molecule has 0 saturated carbocycles. The molecule has 0 unspecified atom stereocenters. The Hall–Kier alpha value is -1.89. The van der Waals surface area contributed by atoms with Crippen LogP contribution in [0.2, 0.25) is 0 Å². The average molecular weight is 323 g/mol. The number of nitrogens with zero attached hydrogens (tertiary/aromatic N) is 1. The summed E-state index contributed by atoms with van der Waals surface area (Å²) in [5.41, 5.74) is 0.558. The standard InChI is InChI=1S/C15H21N3O3S/c1-3-6-11(2)17-14(19)9-10-16-15-12-7-4-5-8-13(12)22(20,21)18-15/h4-5,7-8,11H,3,6,9-10H2,1-2H3,(H,16,18)(H,17,19)/t11-/m0/s1. The molecule has 1 atom stereocenters. The molecule has 22 heavy (non-hydrogen) atoms. The Kier molecular flexibility index (Phi) is 5.18. The van der Waals surface area contributed by atoms with Gasteiger partial charge in [-0.15, -0.1) is 0 Å². The highest BCUT2D eigenvalue weighted by Crippen LogP contribution is 2.22. The van der Waals surface area contributed by atoms with E-state index in [-0.39, 0.29) is 29.8 Å². The van der Waals surface area contributed by atoms with Crippen LogP contribution in [0.3, 0.4) is 0 Å². The predicted molar refractivity (Wildman–Crippen MR) is 85.3 cm³/mol. The van der Waals surface area contributed by atoms with Gasteiger partial charge in [-0.1, -0.05) is 25.5 Å². The highest BCUT2D eigenvalue weighted by molar-refractivity contribution is 7.90. The van der Waals surface area contributed by atoms with Crippen LogP contribution in [0.5, 0.6) is 0 Å². The molecule has 2 N–H and O–H groups in total. The van der Waals surface area contributed by atoms with Gasteiger partial charge in [-0.3, -0.25) is 14.5 Å². The Bertz CT molecular complexity index is 683. The van der Waals surface area contributed by atoms with Crippen LogP contribution < -0.4 is 10.0 Å². The molecule has 1 aliphatic rings. The molecular formula is C15H21N3O3S. The number of nitrogens with one attached hydrogen (secondary N) is 2. The summed E-state index contributed by atoms with van der Waals surface area (Å²) in [5.74, 6) is 0.240. The van der Waals surface area contributed by atoms with E-state index < -0.39 is 10.0 Å². The number of sulfonamides is 1. The molecule has 1 aromatic carbocycles. The van der Waals surface area contributed by atoms with E-state index in [0.29, 0.717) is 11.4 Å². The van der Waals surface area contributed by atoms with Crippen LogP contribution in [0.25, 0.3) is 0 Å². The minimum Gasteiger partial charge on any atom is -0.354 e. The van der Waals surface area contributed by atoms with Crippen molar-refractivity contribution in [2.24, 2.45) is 4.99 Å². The lowest BCUT2D eigenvalue weighted by Crippen LogP contribution is -2.32. The number of rotatable bonds is 6. The van der Waals surface area contributed by atoms with Crippen molar-refractivity contribution in [1.82, 2.24) is 10.0 Å². The van der Waals surface area contributed by atoms with Crippen LogP contribution in [-0.2, 0) is 14.8 Å². The maximum Gasteiger partial charge on any atom is 0.263 e. The molecule has 1 aromatic rings. The highest BCUT2D eigenvalue weighted by Gasteiger charge is 2.29. The van der Waals surface area contributed by atoms with Crippen molar-refractivity contribution in [2.75, 3.05) is 6.54 Å². The number of aliphatic imine (C=N–C) groups is 1. The first-order valence-electron chi connectivity index (χ1n) is 7.40. The van der Waals surface area contributed by atoms with Crippen LogP contribution in [0.1, 0.15) is 38.7 Å². The number of carbonyl (C=O) groups is 1. The summed E-state index contributed by atoms with van der Waals surface area (Å²) in [6.45, 7) is 4.28. The molecule has 0 bridgehead atoms. The van der Waals surface area contributed by atoms with Crippen LogP contribution in [0.4, 0.5) is 0 Å². The molecular weight excluding hydrogens is 302 g/mol. The first-order valence-corrected chi connectivity index (χ1v) is 8.88. The van der Waals surface area contributed by atoms with Crippen molar-refractivity contribution < 1.29 is 13.2 Å². The Morgan fingerprint density at radius 1 is 1.36 bits per heavy atom. The van der Waals surface area contributed by atoms with Crippen LogP contribution in [-0.4, -0.2) is 32.7 Å². The van der Waals surface area contributed by atoms with Crippen LogP contribution >= 0.6 is 0 Å². The number of hydrogen-bond donors (Lipinski definition) is 2. The van der Waals surface area contributed by atoms with Gasteiger partial charge in [-0.05, 0) is 25.5 Å². The van der Waals surface area contributed by atoms with E-state index in [1.165, 1.54) is 0 Å². The number of amides is 1. The molecule has 1 amide bonds. The number of amidine groups is 1. The molecule has 6 nitrogen and oxygen atoms in total. The van der Waals surface area contributed by atoms with E-state index in [1.54, 1.807) is 24.3 Å². The Balaban J connectivity index is 1.97. The van der Waals surface area contributed by atoms with E-state index in [4.69, 9.17) is 0 Å². The van der Waals surface area contributed by atoms with Gasteiger partial charge in [0.2, 0.25) is 5.91 Å². The fraction of sp³-hybridized carbons (Fsp3) is 0.467. The minimum absolute atomic E-state index is 0.0700. The summed E-state index contributed by atoms with van der Waals surface area (Å²) in [6, 6.07) is 6.82. The molecule has 120 valence electrons. The van der Waals surface area contributed by atoms with Crippen LogP contribution in [0.15, 0.2) is 34.2 Å². The van der Waals surface area contributed by atoms with Crippen molar-refractivity contribution in [3.8, 4) is 0 Å². The summed E-state index contributed by atoms with van der Waals surface area (Å²) in [4.78, 5) is 16.2.